The second kappa shape index (κ2) is 10.3. The van der Waals surface area contributed by atoms with Crippen molar-refractivity contribution in [2.24, 2.45) is 0 Å². The molecule has 6 nitrogen and oxygen atoms in total. The van der Waals surface area contributed by atoms with E-state index < -0.39 is 0 Å². The standard InChI is InChI=1S/C23H29ClN4O2S/c1-6-27(7-2)14-15-28(22(29)16-8-10-17(11-9-16)26(3)4)23-25-20-19(30-5)13-12-18(24)21(20)31-23/h8-13H,6-7,14-15H2,1-5H3. The number of rotatable bonds is 9. The van der Waals surface area contributed by atoms with E-state index in [0.29, 0.717) is 33.5 Å². The molecule has 0 saturated carbocycles. The largest absolute Gasteiger partial charge is 0.494 e. The first kappa shape index (κ1) is 23.3. The lowest BCUT2D eigenvalue weighted by molar-refractivity contribution is 0.0984. The number of hydrogen-bond donors (Lipinski definition) is 0. The van der Waals surface area contributed by atoms with Crippen LogP contribution in [0.5, 0.6) is 5.75 Å². The van der Waals surface area contributed by atoms with Gasteiger partial charge in [0, 0.05) is 38.4 Å². The van der Waals surface area contributed by atoms with Crippen LogP contribution in [0.1, 0.15) is 24.2 Å². The number of halogens is 1. The number of carbonyl (C=O) groups is 1. The van der Waals surface area contributed by atoms with Gasteiger partial charge in [-0.2, -0.15) is 0 Å². The van der Waals surface area contributed by atoms with Gasteiger partial charge in [-0.1, -0.05) is 36.8 Å². The van der Waals surface area contributed by atoms with Crippen molar-refractivity contribution in [3.63, 3.8) is 0 Å². The molecule has 3 aromatic rings. The van der Waals surface area contributed by atoms with Crippen molar-refractivity contribution >= 4 is 49.9 Å². The van der Waals surface area contributed by atoms with Crippen LogP contribution in [0.4, 0.5) is 10.8 Å². The van der Waals surface area contributed by atoms with Crippen molar-refractivity contribution in [3.05, 3.63) is 47.0 Å². The normalized spacial score (nSPS) is 11.2. The summed E-state index contributed by atoms with van der Waals surface area (Å²) in [5.41, 5.74) is 2.35. The maximum atomic E-state index is 13.5. The van der Waals surface area contributed by atoms with E-state index in [9.17, 15) is 4.79 Å². The first-order valence-corrected chi connectivity index (χ1v) is 11.5. The Hall–Kier alpha value is -2.35. The number of carbonyl (C=O) groups excluding carboxylic acids is 1. The molecule has 3 rings (SSSR count). The molecule has 0 atom stereocenters. The molecule has 166 valence electrons. The van der Waals surface area contributed by atoms with Crippen LogP contribution in [-0.2, 0) is 0 Å². The lowest BCUT2D eigenvalue weighted by Crippen LogP contribution is -2.38. The maximum absolute atomic E-state index is 13.5. The fourth-order valence-corrected chi connectivity index (χ4v) is 4.63. The first-order chi connectivity index (χ1) is 14.9. The van der Waals surface area contributed by atoms with Crippen molar-refractivity contribution in [2.45, 2.75) is 13.8 Å². The Labute approximate surface area is 193 Å². The summed E-state index contributed by atoms with van der Waals surface area (Å²) in [6.45, 7) is 7.39. The van der Waals surface area contributed by atoms with E-state index in [1.165, 1.54) is 11.3 Å². The highest BCUT2D eigenvalue weighted by molar-refractivity contribution is 7.23. The van der Waals surface area contributed by atoms with E-state index in [-0.39, 0.29) is 5.91 Å². The summed E-state index contributed by atoms with van der Waals surface area (Å²) in [4.78, 5) is 24.3. The van der Waals surface area contributed by atoms with Gasteiger partial charge in [0.1, 0.15) is 11.3 Å². The molecule has 0 fully saturated rings. The predicted molar refractivity (Wildman–Crippen MR) is 131 cm³/mol. The number of fused-ring (bicyclic) bond motifs is 1. The summed E-state index contributed by atoms with van der Waals surface area (Å²) in [6.07, 6.45) is 0. The van der Waals surface area contributed by atoms with Crippen LogP contribution in [0.3, 0.4) is 0 Å². The number of nitrogens with zero attached hydrogens (tertiary/aromatic N) is 4. The molecule has 0 radical (unpaired) electrons. The Balaban J connectivity index is 2.00. The van der Waals surface area contributed by atoms with Crippen LogP contribution < -0.4 is 14.5 Å². The van der Waals surface area contributed by atoms with E-state index in [1.54, 1.807) is 24.1 Å². The molecule has 0 aliphatic heterocycles. The van der Waals surface area contributed by atoms with Gasteiger partial charge < -0.3 is 14.5 Å². The maximum Gasteiger partial charge on any atom is 0.260 e. The Bertz CT molecular complexity index is 1030. The highest BCUT2D eigenvalue weighted by Crippen LogP contribution is 2.39. The van der Waals surface area contributed by atoms with Crippen LogP contribution in [-0.4, -0.2) is 63.2 Å². The fraction of sp³-hybridized carbons (Fsp3) is 0.391. The number of aromatic nitrogens is 1. The third-order valence-corrected chi connectivity index (χ3v) is 6.85. The zero-order valence-electron chi connectivity index (χ0n) is 18.7. The Morgan fingerprint density at radius 3 is 2.32 bits per heavy atom. The Morgan fingerprint density at radius 2 is 1.74 bits per heavy atom. The molecule has 1 heterocycles. The van der Waals surface area contributed by atoms with Gasteiger partial charge in [0.25, 0.3) is 5.91 Å². The topological polar surface area (TPSA) is 48.9 Å². The van der Waals surface area contributed by atoms with Gasteiger partial charge in [-0.15, -0.1) is 0 Å². The van der Waals surface area contributed by atoms with Gasteiger partial charge in [0.15, 0.2) is 5.13 Å². The second-order valence-corrected chi connectivity index (χ2v) is 8.73. The number of likely N-dealkylation sites (N-methyl/N-ethyl adjacent to an activating group) is 1. The molecule has 8 heteroatoms. The molecule has 0 bridgehead atoms. The van der Waals surface area contributed by atoms with Gasteiger partial charge in [0.2, 0.25) is 0 Å². The van der Waals surface area contributed by atoms with E-state index in [1.807, 2.05) is 43.3 Å². The average molecular weight is 461 g/mol. The van der Waals surface area contributed by atoms with Crippen LogP contribution >= 0.6 is 22.9 Å². The van der Waals surface area contributed by atoms with Crippen molar-refractivity contribution in [2.75, 3.05) is 57.2 Å². The monoisotopic (exact) mass is 460 g/mol. The van der Waals surface area contributed by atoms with Gasteiger partial charge in [-0.25, -0.2) is 4.98 Å². The number of methoxy groups -OCH3 is 1. The SMILES string of the molecule is CCN(CC)CCN(C(=O)c1ccc(N(C)C)cc1)c1nc2c(OC)ccc(Cl)c2s1. The third-order valence-electron chi connectivity index (χ3n) is 5.31. The third kappa shape index (κ3) is 5.11. The van der Waals surface area contributed by atoms with Crippen molar-refractivity contribution in [3.8, 4) is 5.75 Å². The fourth-order valence-electron chi connectivity index (χ4n) is 3.34. The lowest BCUT2D eigenvalue weighted by atomic mass is 10.1. The Kier molecular flexibility index (Phi) is 7.75. The molecule has 1 aromatic heterocycles. The number of amides is 1. The molecule has 0 spiro atoms. The van der Waals surface area contributed by atoms with Crippen LogP contribution in [0.15, 0.2) is 36.4 Å². The smallest absolute Gasteiger partial charge is 0.260 e. The number of hydrogen-bond acceptors (Lipinski definition) is 6. The minimum absolute atomic E-state index is 0.0772. The van der Waals surface area contributed by atoms with E-state index in [2.05, 4.69) is 18.7 Å². The van der Waals surface area contributed by atoms with E-state index in [4.69, 9.17) is 21.3 Å². The molecule has 0 N–H and O–H groups in total. The van der Waals surface area contributed by atoms with Gasteiger partial charge >= 0.3 is 0 Å². The summed E-state index contributed by atoms with van der Waals surface area (Å²) in [5, 5.41) is 1.22. The number of ether oxygens (including phenoxy) is 1. The molecule has 31 heavy (non-hydrogen) atoms. The van der Waals surface area contributed by atoms with Crippen molar-refractivity contribution in [1.82, 2.24) is 9.88 Å². The molecule has 0 unspecified atom stereocenters. The number of thiazole rings is 1. The minimum atomic E-state index is -0.0772. The second-order valence-electron chi connectivity index (χ2n) is 7.35. The van der Waals surface area contributed by atoms with Crippen LogP contribution in [0, 0.1) is 0 Å². The number of anilines is 2. The summed E-state index contributed by atoms with van der Waals surface area (Å²) in [6, 6.07) is 11.2. The summed E-state index contributed by atoms with van der Waals surface area (Å²) < 4.78 is 6.28. The van der Waals surface area contributed by atoms with Crippen LogP contribution in [0.25, 0.3) is 10.2 Å². The summed E-state index contributed by atoms with van der Waals surface area (Å²) in [5.74, 6) is 0.569. The summed E-state index contributed by atoms with van der Waals surface area (Å²) >= 11 is 7.83. The molecular formula is C23H29ClN4O2S. The molecule has 0 aliphatic rings. The molecule has 0 aliphatic carbocycles. The van der Waals surface area contributed by atoms with Gasteiger partial charge in [0.05, 0.1) is 16.8 Å². The average Bonchev–Trinajstić information content (AvgIpc) is 3.23. The van der Waals surface area contributed by atoms with Crippen molar-refractivity contribution in [1.29, 1.82) is 0 Å². The first-order valence-electron chi connectivity index (χ1n) is 10.3. The van der Waals surface area contributed by atoms with Crippen molar-refractivity contribution < 1.29 is 9.53 Å². The van der Waals surface area contributed by atoms with Gasteiger partial charge in [-0.05, 0) is 49.5 Å². The molecule has 1 amide bonds. The van der Waals surface area contributed by atoms with Crippen LogP contribution in [0.2, 0.25) is 5.02 Å². The molecular weight excluding hydrogens is 432 g/mol. The highest BCUT2D eigenvalue weighted by Gasteiger charge is 2.23. The zero-order valence-corrected chi connectivity index (χ0v) is 20.3. The lowest BCUT2D eigenvalue weighted by Gasteiger charge is -2.25. The van der Waals surface area contributed by atoms with E-state index >= 15 is 0 Å². The zero-order chi connectivity index (χ0) is 22.5. The van der Waals surface area contributed by atoms with E-state index in [0.717, 1.165) is 30.0 Å². The van der Waals surface area contributed by atoms with Gasteiger partial charge in [-0.3, -0.25) is 9.69 Å². The quantitative estimate of drug-likeness (QED) is 0.449. The number of benzene rings is 2. The highest BCUT2D eigenvalue weighted by atomic mass is 35.5. The molecule has 2 aromatic carbocycles. The summed E-state index contributed by atoms with van der Waals surface area (Å²) in [7, 11) is 5.56. The predicted octanol–water partition coefficient (Wildman–Crippen LogP) is 5.01. The Morgan fingerprint density at radius 1 is 1.06 bits per heavy atom. The minimum Gasteiger partial charge on any atom is -0.494 e. The molecule has 0 saturated heterocycles.